The molecule has 1 aliphatic carbocycles. The average molecular weight is 281 g/mol. The molecule has 4 nitrogen and oxygen atoms in total. The van der Waals surface area contributed by atoms with Crippen molar-refractivity contribution in [2.24, 2.45) is 5.92 Å². The van der Waals surface area contributed by atoms with E-state index in [-0.39, 0.29) is 0 Å². The van der Waals surface area contributed by atoms with Crippen molar-refractivity contribution in [3.63, 3.8) is 0 Å². The Morgan fingerprint density at radius 1 is 1.11 bits per heavy atom. The summed E-state index contributed by atoms with van der Waals surface area (Å²) in [5.74, 6) is -2.57. The van der Waals surface area contributed by atoms with E-state index >= 15 is 0 Å². The molecule has 110 valence electrons. The molecule has 1 amide bonds. The predicted octanol–water partition coefficient (Wildman–Crippen LogP) is 2.43. The lowest BCUT2D eigenvalue weighted by molar-refractivity contribution is -0.168. The van der Waals surface area contributed by atoms with Crippen molar-refractivity contribution in [2.75, 3.05) is 13.1 Å². The SMILES string of the molecule is O=C(O)CN(CC(F)(F)F)C(=O)C1CCCCCC1. The lowest BCUT2D eigenvalue weighted by Gasteiger charge is -2.26. The number of amides is 1. The van der Waals surface area contributed by atoms with E-state index in [9.17, 15) is 22.8 Å². The molecule has 0 atom stereocenters. The fourth-order valence-electron chi connectivity index (χ4n) is 2.38. The lowest BCUT2D eigenvalue weighted by Crippen LogP contribution is -2.44. The molecule has 19 heavy (non-hydrogen) atoms. The monoisotopic (exact) mass is 281 g/mol. The Kier molecular flexibility index (Phi) is 5.62. The van der Waals surface area contributed by atoms with E-state index in [0.717, 1.165) is 25.7 Å². The van der Waals surface area contributed by atoms with Gasteiger partial charge in [-0.3, -0.25) is 9.59 Å². The second-order valence-corrected chi connectivity index (χ2v) is 4.89. The standard InChI is InChI=1S/C12H18F3NO3/c13-12(14,15)8-16(7-10(17)18)11(19)9-5-3-1-2-4-6-9/h9H,1-8H2,(H,17,18). The van der Waals surface area contributed by atoms with E-state index in [4.69, 9.17) is 5.11 Å². The van der Waals surface area contributed by atoms with Crippen molar-refractivity contribution in [3.8, 4) is 0 Å². The van der Waals surface area contributed by atoms with Crippen LogP contribution in [0.15, 0.2) is 0 Å². The highest BCUT2D eigenvalue weighted by atomic mass is 19.4. The van der Waals surface area contributed by atoms with E-state index in [1.165, 1.54) is 0 Å². The van der Waals surface area contributed by atoms with E-state index in [1.807, 2.05) is 0 Å². The van der Waals surface area contributed by atoms with Gasteiger partial charge >= 0.3 is 12.1 Å². The number of hydrogen-bond donors (Lipinski definition) is 1. The maximum atomic E-state index is 12.4. The van der Waals surface area contributed by atoms with Crippen LogP contribution in [0.2, 0.25) is 0 Å². The van der Waals surface area contributed by atoms with E-state index < -0.39 is 37.1 Å². The van der Waals surface area contributed by atoms with Crippen LogP contribution in [0, 0.1) is 5.92 Å². The second-order valence-electron chi connectivity index (χ2n) is 4.89. The molecule has 7 heteroatoms. The number of nitrogens with zero attached hydrogens (tertiary/aromatic N) is 1. The molecular weight excluding hydrogens is 263 g/mol. The molecule has 0 aromatic rings. The fourth-order valence-corrected chi connectivity index (χ4v) is 2.38. The molecule has 0 unspecified atom stereocenters. The van der Waals surface area contributed by atoms with Crippen molar-refractivity contribution in [1.82, 2.24) is 4.90 Å². The number of carbonyl (C=O) groups excluding carboxylic acids is 1. The predicted molar refractivity (Wildman–Crippen MR) is 61.5 cm³/mol. The number of carboxylic acid groups (broad SMARTS) is 1. The molecule has 1 saturated carbocycles. The molecule has 1 N–H and O–H groups in total. The number of carboxylic acids is 1. The number of halogens is 3. The van der Waals surface area contributed by atoms with Gasteiger partial charge in [0.1, 0.15) is 13.1 Å². The van der Waals surface area contributed by atoms with Gasteiger partial charge in [0, 0.05) is 5.92 Å². The number of alkyl halides is 3. The highest BCUT2D eigenvalue weighted by molar-refractivity contribution is 5.83. The summed E-state index contributed by atoms with van der Waals surface area (Å²) in [7, 11) is 0. The smallest absolute Gasteiger partial charge is 0.406 e. The van der Waals surface area contributed by atoms with E-state index in [1.54, 1.807) is 0 Å². The minimum absolute atomic E-state index is 0.415. The quantitative estimate of drug-likeness (QED) is 0.805. The van der Waals surface area contributed by atoms with Gasteiger partial charge in [0.15, 0.2) is 0 Å². The topological polar surface area (TPSA) is 57.6 Å². The Hall–Kier alpha value is -1.27. The summed E-state index contributed by atoms with van der Waals surface area (Å²) in [6.45, 7) is -2.39. The first-order valence-electron chi connectivity index (χ1n) is 6.37. The van der Waals surface area contributed by atoms with Gasteiger partial charge in [0.25, 0.3) is 0 Å². The Labute approximate surface area is 109 Å². The highest BCUT2D eigenvalue weighted by Gasteiger charge is 2.36. The normalized spacial score (nSPS) is 17.8. The zero-order valence-corrected chi connectivity index (χ0v) is 10.6. The fraction of sp³-hybridized carbons (Fsp3) is 0.833. The molecule has 0 aliphatic heterocycles. The summed E-state index contributed by atoms with van der Waals surface area (Å²) in [5.41, 5.74) is 0. The number of rotatable bonds is 4. The maximum absolute atomic E-state index is 12.4. The third-order valence-electron chi connectivity index (χ3n) is 3.21. The molecular formula is C12H18F3NO3. The molecule has 1 fully saturated rings. The zero-order valence-electron chi connectivity index (χ0n) is 10.6. The van der Waals surface area contributed by atoms with Crippen molar-refractivity contribution < 1.29 is 27.9 Å². The molecule has 0 saturated heterocycles. The van der Waals surface area contributed by atoms with Crippen LogP contribution in [-0.2, 0) is 9.59 Å². The van der Waals surface area contributed by atoms with Crippen molar-refractivity contribution in [2.45, 2.75) is 44.7 Å². The van der Waals surface area contributed by atoms with Crippen LogP contribution >= 0.6 is 0 Å². The van der Waals surface area contributed by atoms with Gasteiger partial charge in [-0.05, 0) is 12.8 Å². The highest BCUT2D eigenvalue weighted by Crippen LogP contribution is 2.26. The van der Waals surface area contributed by atoms with Gasteiger partial charge in [-0.1, -0.05) is 25.7 Å². The minimum Gasteiger partial charge on any atom is -0.480 e. The first-order chi connectivity index (χ1) is 8.79. The Balaban J connectivity index is 2.71. The Morgan fingerprint density at radius 2 is 1.63 bits per heavy atom. The van der Waals surface area contributed by atoms with Crippen molar-refractivity contribution in [1.29, 1.82) is 0 Å². The molecule has 0 bridgehead atoms. The number of aliphatic carboxylic acids is 1. The van der Waals surface area contributed by atoms with Crippen LogP contribution in [0.3, 0.4) is 0 Å². The molecule has 0 spiro atoms. The first-order valence-corrected chi connectivity index (χ1v) is 6.37. The van der Waals surface area contributed by atoms with E-state index in [0.29, 0.717) is 17.7 Å². The maximum Gasteiger partial charge on any atom is 0.406 e. The minimum atomic E-state index is -4.57. The van der Waals surface area contributed by atoms with Gasteiger partial charge in [-0.15, -0.1) is 0 Å². The largest absolute Gasteiger partial charge is 0.480 e. The van der Waals surface area contributed by atoms with Crippen LogP contribution in [-0.4, -0.2) is 41.1 Å². The van der Waals surface area contributed by atoms with E-state index in [2.05, 4.69) is 0 Å². The van der Waals surface area contributed by atoms with Gasteiger partial charge < -0.3 is 10.0 Å². The zero-order chi connectivity index (χ0) is 14.5. The van der Waals surface area contributed by atoms with Crippen LogP contribution in [0.4, 0.5) is 13.2 Å². The summed E-state index contributed by atoms with van der Waals surface area (Å²) in [5, 5.41) is 8.62. The van der Waals surface area contributed by atoms with Crippen LogP contribution < -0.4 is 0 Å². The average Bonchev–Trinajstić information content (AvgIpc) is 2.53. The molecule has 1 rings (SSSR count). The van der Waals surface area contributed by atoms with Crippen LogP contribution in [0.5, 0.6) is 0 Å². The van der Waals surface area contributed by atoms with Gasteiger partial charge in [0.05, 0.1) is 0 Å². The second kappa shape index (κ2) is 6.77. The van der Waals surface area contributed by atoms with Gasteiger partial charge in [-0.2, -0.15) is 13.2 Å². The van der Waals surface area contributed by atoms with Crippen LogP contribution in [0.1, 0.15) is 38.5 Å². The third kappa shape index (κ3) is 5.94. The van der Waals surface area contributed by atoms with Crippen molar-refractivity contribution in [3.05, 3.63) is 0 Å². The Morgan fingerprint density at radius 3 is 2.05 bits per heavy atom. The molecule has 0 radical (unpaired) electrons. The Bertz CT molecular complexity index is 323. The summed E-state index contributed by atoms with van der Waals surface area (Å²) in [6.07, 6.45) is 0.0894. The summed E-state index contributed by atoms with van der Waals surface area (Å²) < 4.78 is 37.1. The lowest BCUT2D eigenvalue weighted by atomic mass is 9.98. The van der Waals surface area contributed by atoms with Gasteiger partial charge in [-0.25, -0.2) is 0 Å². The van der Waals surface area contributed by atoms with Crippen molar-refractivity contribution >= 4 is 11.9 Å². The van der Waals surface area contributed by atoms with Gasteiger partial charge in [0.2, 0.25) is 5.91 Å². The summed E-state index contributed by atoms with van der Waals surface area (Å²) in [6, 6.07) is 0. The molecule has 0 heterocycles. The molecule has 1 aliphatic rings. The first kappa shape index (κ1) is 15.8. The van der Waals surface area contributed by atoms with Crippen LogP contribution in [0.25, 0.3) is 0 Å². The summed E-state index contributed by atoms with van der Waals surface area (Å²) >= 11 is 0. The third-order valence-corrected chi connectivity index (χ3v) is 3.21. The molecule has 0 aromatic carbocycles. The molecule has 0 aromatic heterocycles. The number of hydrogen-bond acceptors (Lipinski definition) is 2. The summed E-state index contributed by atoms with van der Waals surface area (Å²) in [4.78, 5) is 23.0. The number of carbonyl (C=O) groups is 2.